The Morgan fingerprint density at radius 3 is 2.71 bits per heavy atom. The highest BCUT2D eigenvalue weighted by molar-refractivity contribution is 5.37. The summed E-state index contributed by atoms with van der Waals surface area (Å²) in [5, 5.41) is 3.56. The molecule has 0 spiro atoms. The molecule has 2 aromatic rings. The third-order valence-corrected chi connectivity index (χ3v) is 4.13. The molecule has 110 valence electrons. The third kappa shape index (κ3) is 3.85. The van der Waals surface area contributed by atoms with Crippen molar-refractivity contribution in [1.82, 2.24) is 5.32 Å². The minimum Gasteiger partial charge on any atom is -0.489 e. The van der Waals surface area contributed by atoms with Crippen molar-refractivity contribution in [1.29, 1.82) is 0 Å². The zero-order chi connectivity index (χ0) is 14.5. The molecule has 1 aliphatic rings. The second kappa shape index (κ2) is 6.77. The summed E-state index contributed by atoms with van der Waals surface area (Å²) in [6, 6.07) is 17.6. The normalized spacial score (nSPS) is 17.9. The molecule has 1 saturated heterocycles. The van der Waals surface area contributed by atoms with Crippen LogP contribution in [0.5, 0.6) is 5.75 Å². The van der Waals surface area contributed by atoms with Crippen LogP contribution in [0.4, 0.5) is 0 Å². The Balaban J connectivity index is 1.66. The fraction of sp³-hybridized carbons (Fsp3) is 0.368. The Bertz CT molecular complexity index is 573. The van der Waals surface area contributed by atoms with Crippen molar-refractivity contribution in [2.24, 2.45) is 0 Å². The lowest BCUT2D eigenvalue weighted by Crippen LogP contribution is -2.23. The monoisotopic (exact) mass is 281 g/mol. The molecule has 0 aromatic heterocycles. The van der Waals surface area contributed by atoms with Crippen molar-refractivity contribution in [2.75, 3.05) is 6.54 Å². The first-order valence-corrected chi connectivity index (χ1v) is 7.81. The fourth-order valence-electron chi connectivity index (χ4n) is 2.88. The van der Waals surface area contributed by atoms with Crippen molar-refractivity contribution in [3.63, 3.8) is 0 Å². The molecule has 3 rings (SSSR count). The molecular formula is C19H23NO. The lowest BCUT2D eigenvalue weighted by molar-refractivity contribution is 0.303. The van der Waals surface area contributed by atoms with Gasteiger partial charge in [-0.15, -0.1) is 0 Å². The highest BCUT2D eigenvalue weighted by Crippen LogP contribution is 2.23. The first kappa shape index (κ1) is 14.2. The molecule has 2 aromatic carbocycles. The number of nitrogens with one attached hydrogen (secondary N) is 1. The van der Waals surface area contributed by atoms with Crippen molar-refractivity contribution in [2.45, 2.75) is 38.8 Å². The summed E-state index contributed by atoms with van der Waals surface area (Å²) in [7, 11) is 0. The topological polar surface area (TPSA) is 21.3 Å². The lowest BCUT2D eigenvalue weighted by Gasteiger charge is -2.14. The average Bonchev–Trinajstić information content (AvgIpc) is 3.02. The van der Waals surface area contributed by atoms with Crippen LogP contribution in [0.3, 0.4) is 0 Å². The van der Waals surface area contributed by atoms with Gasteiger partial charge in [-0.25, -0.2) is 0 Å². The second-order valence-electron chi connectivity index (χ2n) is 5.87. The van der Waals surface area contributed by atoms with Gasteiger partial charge in [0.05, 0.1) is 0 Å². The summed E-state index contributed by atoms with van der Waals surface area (Å²) in [5.74, 6) is 1.01. The predicted octanol–water partition coefficient (Wildman–Crippen LogP) is 3.87. The maximum atomic E-state index is 6.01. The van der Waals surface area contributed by atoms with Crippen LogP contribution in [-0.2, 0) is 13.0 Å². The molecule has 0 aliphatic carbocycles. The summed E-state index contributed by atoms with van der Waals surface area (Å²) in [4.78, 5) is 0. The van der Waals surface area contributed by atoms with E-state index >= 15 is 0 Å². The van der Waals surface area contributed by atoms with E-state index in [-0.39, 0.29) is 0 Å². The molecule has 0 radical (unpaired) electrons. The lowest BCUT2D eigenvalue weighted by atomic mass is 10.0. The minimum atomic E-state index is 0.632. The van der Waals surface area contributed by atoms with E-state index in [9.17, 15) is 0 Å². The van der Waals surface area contributed by atoms with Gasteiger partial charge in [0.2, 0.25) is 0 Å². The van der Waals surface area contributed by atoms with Gasteiger partial charge in [0.1, 0.15) is 12.4 Å². The van der Waals surface area contributed by atoms with E-state index in [1.54, 1.807) is 0 Å². The quantitative estimate of drug-likeness (QED) is 0.898. The smallest absolute Gasteiger partial charge is 0.122 e. The molecule has 1 fully saturated rings. The fourth-order valence-corrected chi connectivity index (χ4v) is 2.88. The maximum absolute atomic E-state index is 6.01. The van der Waals surface area contributed by atoms with Crippen molar-refractivity contribution >= 4 is 0 Å². The van der Waals surface area contributed by atoms with Gasteiger partial charge in [-0.1, -0.05) is 42.5 Å². The van der Waals surface area contributed by atoms with Crippen molar-refractivity contribution in [3.8, 4) is 5.75 Å². The van der Waals surface area contributed by atoms with Gasteiger partial charge in [0.25, 0.3) is 0 Å². The number of hydrogen-bond acceptors (Lipinski definition) is 2. The van der Waals surface area contributed by atoms with Gasteiger partial charge in [-0.3, -0.25) is 0 Å². The van der Waals surface area contributed by atoms with Crippen molar-refractivity contribution in [3.05, 3.63) is 65.2 Å². The zero-order valence-corrected chi connectivity index (χ0v) is 12.6. The van der Waals surface area contributed by atoms with Gasteiger partial charge in [-0.2, -0.15) is 0 Å². The SMILES string of the molecule is Cc1ccc(CC2CCCN2)cc1OCc1ccccc1. The van der Waals surface area contributed by atoms with E-state index in [0.717, 1.165) is 18.7 Å². The largest absolute Gasteiger partial charge is 0.489 e. The van der Waals surface area contributed by atoms with E-state index in [1.807, 2.05) is 18.2 Å². The third-order valence-electron chi connectivity index (χ3n) is 4.13. The predicted molar refractivity (Wildman–Crippen MR) is 86.7 cm³/mol. The molecule has 0 amide bonds. The van der Waals surface area contributed by atoms with Gasteiger partial charge in [0.15, 0.2) is 0 Å². The van der Waals surface area contributed by atoms with Crippen LogP contribution in [0.15, 0.2) is 48.5 Å². The molecular weight excluding hydrogens is 258 g/mol. The summed E-state index contributed by atoms with van der Waals surface area (Å²) in [5.41, 5.74) is 3.77. The molecule has 1 atom stereocenters. The first-order valence-electron chi connectivity index (χ1n) is 7.81. The Kier molecular flexibility index (Phi) is 4.56. The highest BCUT2D eigenvalue weighted by atomic mass is 16.5. The van der Waals surface area contributed by atoms with E-state index in [1.165, 1.54) is 29.5 Å². The first-order chi connectivity index (χ1) is 10.3. The average molecular weight is 281 g/mol. The van der Waals surface area contributed by atoms with Crippen LogP contribution in [0, 0.1) is 6.92 Å². The van der Waals surface area contributed by atoms with Crippen LogP contribution >= 0.6 is 0 Å². The van der Waals surface area contributed by atoms with Gasteiger partial charge >= 0.3 is 0 Å². The van der Waals surface area contributed by atoms with E-state index in [4.69, 9.17) is 4.74 Å². The molecule has 1 aliphatic heterocycles. The standard InChI is InChI=1S/C19H23NO/c1-15-9-10-17(12-18-8-5-11-20-18)13-19(15)21-14-16-6-3-2-4-7-16/h2-4,6-7,9-10,13,18,20H,5,8,11-12,14H2,1H3. The molecule has 21 heavy (non-hydrogen) atoms. The molecule has 1 N–H and O–H groups in total. The maximum Gasteiger partial charge on any atom is 0.122 e. The summed E-state index contributed by atoms with van der Waals surface area (Å²) >= 11 is 0. The summed E-state index contributed by atoms with van der Waals surface area (Å²) in [6.07, 6.45) is 3.68. The Labute approximate surface area is 127 Å². The number of hydrogen-bond donors (Lipinski definition) is 1. The molecule has 2 nitrogen and oxygen atoms in total. The molecule has 1 heterocycles. The van der Waals surface area contributed by atoms with E-state index in [2.05, 4.69) is 42.6 Å². The molecule has 1 unspecified atom stereocenters. The highest BCUT2D eigenvalue weighted by Gasteiger charge is 2.15. The Hall–Kier alpha value is -1.80. The zero-order valence-electron chi connectivity index (χ0n) is 12.6. The van der Waals surface area contributed by atoms with Gasteiger partial charge in [-0.05, 0) is 55.5 Å². The van der Waals surface area contributed by atoms with Gasteiger partial charge in [0, 0.05) is 6.04 Å². The van der Waals surface area contributed by atoms with Crippen molar-refractivity contribution < 1.29 is 4.74 Å². The van der Waals surface area contributed by atoms with Crippen LogP contribution in [-0.4, -0.2) is 12.6 Å². The van der Waals surface area contributed by atoms with Crippen LogP contribution in [0.25, 0.3) is 0 Å². The molecule has 0 bridgehead atoms. The van der Waals surface area contributed by atoms with Crippen LogP contribution in [0.1, 0.15) is 29.5 Å². The van der Waals surface area contributed by atoms with E-state index < -0.39 is 0 Å². The number of ether oxygens (including phenoxy) is 1. The molecule has 2 heteroatoms. The van der Waals surface area contributed by atoms with Crippen LogP contribution in [0.2, 0.25) is 0 Å². The number of aryl methyl sites for hydroxylation is 1. The Morgan fingerprint density at radius 2 is 1.95 bits per heavy atom. The van der Waals surface area contributed by atoms with E-state index in [0.29, 0.717) is 12.6 Å². The summed E-state index contributed by atoms with van der Waals surface area (Å²) in [6.45, 7) is 3.90. The molecule has 0 saturated carbocycles. The number of benzene rings is 2. The number of rotatable bonds is 5. The van der Waals surface area contributed by atoms with Gasteiger partial charge < -0.3 is 10.1 Å². The minimum absolute atomic E-state index is 0.632. The van der Waals surface area contributed by atoms with Crippen LogP contribution < -0.4 is 10.1 Å². The Morgan fingerprint density at radius 1 is 1.10 bits per heavy atom. The second-order valence-corrected chi connectivity index (χ2v) is 5.87. The summed E-state index contributed by atoms with van der Waals surface area (Å²) < 4.78 is 6.01.